The number of rotatable bonds is 5. The number of nitrogens with one attached hydrogen (secondary N) is 1. The van der Waals surface area contributed by atoms with Crippen LogP contribution < -0.4 is 5.32 Å². The number of hydrogen-bond donors (Lipinski definition) is 1. The molecule has 0 aromatic heterocycles. The highest BCUT2D eigenvalue weighted by atomic mass is 15.3. The third-order valence-electron chi connectivity index (χ3n) is 5.43. The van der Waals surface area contributed by atoms with Crippen LogP contribution in [0.25, 0.3) is 0 Å². The highest BCUT2D eigenvalue weighted by molar-refractivity contribution is 4.99. The van der Waals surface area contributed by atoms with Crippen molar-refractivity contribution >= 4 is 0 Å². The third kappa shape index (κ3) is 3.95. The van der Waals surface area contributed by atoms with E-state index in [2.05, 4.69) is 31.0 Å². The Morgan fingerprint density at radius 2 is 1.95 bits per heavy atom. The van der Waals surface area contributed by atoms with E-state index in [4.69, 9.17) is 0 Å². The summed E-state index contributed by atoms with van der Waals surface area (Å²) in [5.41, 5.74) is 0.462. The molecule has 112 valence electrons. The fraction of sp³-hybridized carbons (Fsp3) is 1.00. The van der Waals surface area contributed by atoms with Crippen LogP contribution in [-0.4, -0.2) is 35.6 Å². The Hall–Kier alpha value is -0.0800. The van der Waals surface area contributed by atoms with Gasteiger partial charge in [-0.1, -0.05) is 45.4 Å². The summed E-state index contributed by atoms with van der Waals surface area (Å²) in [6.45, 7) is 9.64. The maximum atomic E-state index is 3.89. The van der Waals surface area contributed by atoms with Gasteiger partial charge in [0.25, 0.3) is 0 Å². The quantitative estimate of drug-likeness (QED) is 0.758. The molecule has 1 saturated carbocycles. The summed E-state index contributed by atoms with van der Waals surface area (Å²) in [6, 6.07) is 1.48. The second-order valence-corrected chi connectivity index (χ2v) is 7.09. The summed E-state index contributed by atoms with van der Waals surface area (Å²) < 4.78 is 0. The van der Waals surface area contributed by atoms with Gasteiger partial charge in [-0.05, 0) is 33.1 Å². The predicted molar refractivity (Wildman–Crippen MR) is 83.6 cm³/mol. The molecule has 0 amide bonds. The Morgan fingerprint density at radius 1 is 1.21 bits per heavy atom. The summed E-state index contributed by atoms with van der Waals surface area (Å²) in [5, 5.41) is 3.89. The Balaban J connectivity index is 1.90. The van der Waals surface area contributed by atoms with Gasteiger partial charge in [-0.15, -0.1) is 0 Å². The lowest BCUT2D eigenvalue weighted by molar-refractivity contribution is 0.0328. The molecule has 1 spiro atoms. The molecule has 2 nitrogen and oxygen atoms in total. The van der Waals surface area contributed by atoms with E-state index in [0.29, 0.717) is 11.6 Å². The van der Waals surface area contributed by atoms with Crippen molar-refractivity contribution in [3.05, 3.63) is 0 Å². The fourth-order valence-corrected chi connectivity index (χ4v) is 4.05. The van der Waals surface area contributed by atoms with Crippen molar-refractivity contribution in [1.82, 2.24) is 10.2 Å². The fourth-order valence-electron chi connectivity index (χ4n) is 4.05. The number of nitrogens with zero attached hydrogens (tertiary/aromatic N) is 1. The van der Waals surface area contributed by atoms with Crippen LogP contribution in [0.1, 0.15) is 78.6 Å². The zero-order valence-electron chi connectivity index (χ0n) is 13.4. The maximum absolute atomic E-state index is 3.89. The molecule has 0 radical (unpaired) electrons. The Kier molecular flexibility index (Phi) is 5.70. The van der Waals surface area contributed by atoms with Gasteiger partial charge in [-0.25, -0.2) is 0 Å². The normalized spacial score (nSPS) is 29.5. The van der Waals surface area contributed by atoms with Crippen molar-refractivity contribution in [2.75, 3.05) is 13.1 Å². The number of hydrogen-bond acceptors (Lipinski definition) is 2. The van der Waals surface area contributed by atoms with Gasteiger partial charge in [-0.2, -0.15) is 0 Å². The van der Waals surface area contributed by atoms with Gasteiger partial charge in [-0.3, -0.25) is 4.90 Å². The molecule has 2 heteroatoms. The summed E-state index contributed by atoms with van der Waals surface area (Å²) in [4.78, 5) is 2.80. The molecule has 0 bridgehead atoms. The Labute approximate surface area is 120 Å². The van der Waals surface area contributed by atoms with Gasteiger partial charge in [0, 0.05) is 30.7 Å². The van der Waals surface area contributed by atoms with Gasteiger partial charge >= 0.3 is 0 Å². The van der Waals surface area contributed by atoms with E-state index in [9.17, 15) is 0 Å². The number of piperazine rings is 1. The molecule has 19 heavy (non-hydrogen) atoms. The van der Waals surface area contributed by atoms with Crippen molar-refractivity contribution in [2.24, 2.45) is 0 Å². The summed E-state index contributed by atoms with van der Waals surface area (Å²) in [5.74, 6) is 0. The van der Waals surface area contributed by atoms with Crippen LogP contribution >= 0.6 is 0 Å². The minimum atomic E-state index is 0.462. The first-order valence-electron chi connectivity index (χ1n) is 8.68. The van der Waals surface area contributed by atoms with Crippen molar-refractivity contribution in [1.29, 1.82) is 0 Å². The average molecular weight is 266 g/mol. The van der Waals surface area contributed by atoms with E-state index in [0.717, 1.165) is 6.04 Å². The minimum absolute atomic E-state index is 0.462. The van der Waals surface area contributed by atoms with E-state index in [1.54, 1.807) is 0 Å². The first kappa shape index (κ1) is 15.3. The maximum Gasteiger partial charge on any atom is 0.0309 e. The molecule has 0 aromatic rings. The zero-order chi connectivity index (χ0) is 13.7. The molecular weight excluding hydrogens is 232 g/mol. The molecule has 0 aromatic carbocycles. The lowest BCUT2D eigenvalue weighted by Crippen LogP contribution is -2.65. The second-order valence-electron chi connectivity index (χ2n) is 7.09. The van der Waals surface area contributed by atoms with Crippen molar-refractivity contribution in [3.63, 3.8) is 0 Å². The SMILES string of the molecule is CCCCCC(C)N1CC2(CCCCC2)NCC1C. The zero-order valence-corrected chi connectivity index (χ0v) is 13.4. The van der Waals surface area contributed by atoms with Crippen LogP contribution in [-0.2, 0) is 0 Å². The topological polar surface area (TPSA) is 15.3 Å². The van der Waals surface area contributed by atoms with Crippen LogP contribution in [0, 0.1) is 0 Å². The Bertz CT molecular complexity index is 258. The van der Waals surface area contributed by atoms with E-state index in [1.807, 2.05) is 0 Å². The molecule has 2 rings (SSSR count). The van der Waals surface area contributed by atoms with E-state index in [1.165, 1.54) is 70.9 Å². The molecule has 1 aliphatic carbocycles. The molecule has 2 atom stereocenters. The van der Waals surface area contributed by atoms with Crippen LogP contribution in [0.4, 0.5) is 0 Å². The summed E-state index contributed by atoms with van der Waals surface area (Å²) in [6.07, 6.45) is 12.6. The van der Waals surface area contributed by atoms with Gasteiger partial charge in [0.2, 0.25) is 0 Å². The van der Waals surface area contributed by atoms with Crippen LogP contribution in [0.3, 0.4) is 0 Å². The van der Waals surface area contributed by atoms with Crippen LogP contribution in [0.15, 0.2) is 0 Å². The highest BCUT2D eigenvalue weighted by Crippen LogP contribution is 2.33. The van der Waals surface area contributed by atoms with Gasteiger partial charge in [0.05, 0.1) is 0 Å². The molecule has 1 N–H and O–H groups in total. The molecule has 2 fully saturated rings. The highest BCUT2D eigenvalue weighted by Gasteiger charge is 2.39. The van der Waals surface area contributed by atoms with E-state index in [-0.39, 0.29) is 0 Å². The summed E-state index contributed by atoms with van der Waals surface area (Å²) in [7, 11) is 0. The summed E-state index contributed by atoms with van der Waals surface area (Å²) >= 11 is 0. The smallest absolute Gasteiger partial charge is 0.0309 e. The van der Waals surface area contributed by atoms with Crippen molar-refractivity contribution in [3.8, 4) is 0 Å². The van der Waals surface area contributed by atoms with E-state index < -0.39 is 0 Å². The monoisotopic (exact) mass is 266 g/mol. The first-order valence-corrected chi connectivity index (χ1v) is 8.68. The molecule has 2 aliphatic rings. The third-order valence-corrected chi connectivity index (χ3v) is 5.43. The molecule has 1 saturated heterocycles. The first-order chi connectivity index (χ1) is 9.17. The van der Waals surface area contributed by atoms with Gasteiger partial charge in [0.15, 0.2) is 0 Å². The van der Waals surface area contributed by atoms with Gasteiger partial charge in [0.1, 0.15) is 0 Å². The second kappa shape index (κ2) is 7.08. The number of unbranched alkanes of at least 4 members (excludes halogenated alkanes) is 2. The van der Waals surface area contributed by atoms with Crippen LogP contribution in [0.5, 0.6) is 0 Å². The minimum Gasteiger partial charge on any atom is -0.308 e. The lowest BCUT2D eigenvalue weighted by atomic mass is 9.79. The molecule has 1 heterocycles. The Morgan fingerprint density at radius 3 is 2.63 bits per heavy atom. The van der Waals surface area contributed by atoms with Crippen LogP contribution in [0.2, 0.25) is 0 Å². The predicted octanol–water partition coefficient (Wildman–Crippen LogP) is 3.95. The molecule has 2 unspecified atom stereocenters. The molecule has 1 aliphatic heterocycles. The standard InChI is InChI=1S/C17H34N2/c1-4-5-7-10-15(2)19-14-17(18-13-16(19)3)11-8-6-9-12-17/h15-16,18H,4-14H2,1-3H3. The molecular formula is C17H34N2. The van der Waals surface area contributed by atoms with Gasteiger partial charge < -0.3 is 5.32 Å². The largest absolute Gasteiger partial charge is 0.308 e. The van der Waals surface area contributed by atoms with Crippen molar-refractivity contribution < 1.29 is 0 Å². The van der Waals surface area contributed by atoms with Crippen molar-refractivity contribution in [2.45, 2.75) is 96.2 Å². The average Bonchev–Trinajstić information content (AvgIpc) is 2.43. The van der Waals surface area contributed by atoms with E-state index >= 15 is 0 Å². The lowest BCUT2D eigenvalue weighted by Gasteiger charge is -2.51.